The van der Waals surface area contributed by atoms with Gasteiger partial charge in [0.05, 0.1) is 12.7 Å². The number of benzene rings is 2. The fraction of sp³-hybridized carbons (Fsp3) is 0.111. The van der Waals surface area contributed by atoms with Crippen molar-refractivity contribution in [3.8, 4) is 11.8 Å². The number of ether oxygens (including phenoxy) is 1. The molecule has 2 aromatic rings. The Kier molecular flexibility index (Phi) is 4.53. The number of ketones is 1. The van der Waals surface area contributed by atoms with Crippen LogP contribution in [0.1, 0.15) is 38.8 Å². The third kappa shape index (κ3) is 3.80. The van der Waals surface area contributed by atoms with Crippen LogP contribution in [0.3, 0.4) is 0 Å². The minimum atomic E-state index is -0.366. The highest BCUT2D eigenvalue weighted by Crippen LogP contribution is 2.06. The maximum Gasteiger partial charge on any atom is 0.337 e. The van der Waals surface area contributed by atoms with Gasteiger partial charge in [0.25, 0.3) is 0 Å². The van der Waals surface area contributed by atoms with E-state index in [0.29, 0.717) is 11.1 Å². The van der Waals surface area contributed by atoms with E-state index < -0.39 is 0 Å². The van der Waals surface area contributed by atoms with Gasteiger partial charge in [0, 0.05) is 16.7 Å². The number of esters is 1. The molecule has 0 aromatic heterocycles. The smallest absolute Gasteiger partial charge is 0.337 e. The summed E-state index contributed by atoms with van der Waals surface area (Å²) in [5.41, 5.74) is 2.80. The van der Waals surface area contributed by atoms with Gasteiger partial charge in [-0.25, -0.2) is 4.79 Å². The Morgan fingerprint density at radius 3 is 1.62 bits per heavy atom. The summed E-state index contributed by atoms with van der Waals surface area (Å²) >= 11 is 0. The highest BCUT2D eigenvalue weighted by atomic mass is 16.5. The number of rotatable bonds is 2. The Morgan fingerprint density at radius 2 is 1.24 bits per heavy atom. The van der Waals surface area contributed by atoms with E-state index in [1.54, 1.807) is 36.4 Å². The monoisotopic (exact) mass is 278 g/mol. The summed E-state index contributed by atoms with van der Waals surface area (Å²) in [6.07, 6.45) is 0. The quantitative estimate of drug-likeness (QED) is 0.481. The van der Waals surface area contributed by atoms with Crippen LogP contribution in [0, 0.1) is 11.8 Å². The van der Waals surface area contributed by atoms with Crippen LogP contribution < -0.4 is 0 Å². The first kappa shape index (κ1) is 14.5. The average Bonchev–Trinajstić information content (AvgIpc) is 2.53. The topological polar surface area (TPSA) is 43.4 Å². The fourth-order valence-corrected chi connectivity index (χ4v) is 1.74. The van der Waals surface area contributed by atoms with E-state index in [2.05, 4.69) is 16.6 Å². The van der Waals surface area contributed by atoms with Gasteiger partial charge < -0.3 is 4.74 Å². The molecule has 0 saturated heterocycles. The zero-order valence-corrected chi connectivity index (χ0v) is 11.8. The Bertz CT molecular complexity index is 714. The third-order valence-electron chi connectivity index (χ3n) is 2.95. The molecular weight excluding hydrogens is 264 g/mol. The number of carbonyl (C=O) groups excluding carboxylic acids is 2. The van der Waals surface area contributed by atoms with Crippen LogP contribution in [-0.2, 0) is 4.74 Å². The van der Waals surface area contributed by atoms with Crippen molar-refractivity contribution in [3.63, 3.8) is 0 Å². The molecule has 104 valence electrons. The second-order valence-corrected chi connectivity index (χ2v) is 4.45. The van der Waals surface area contributed by atoms with Gasteiger partial charge in [0.15, 0.2) is 5.78 Å². The number of hydrogen-bond acceptors (Lipinski definition) is 3. The minimum absolute atomic E-state index is 0.0351. The molecule has 3 heteroatoms. The molecule has 0 aliphatic rings. The number of methoxy groups -OCH3 is 1. The van der Waals surface area contributed by atoms with Gasteiger partial charge in [-0.3, -0.25) is 4.79 Å². The predicted octanol–water partition coefficient (Wildman–Crippen LogP) is 3.08. The van der Waals surface area contributed by atoms with Crippen molar-refractivity contribution < 1.29 is 14.3 Å². The summed E-state index contributed by atoms with van der Waals surface area (Å²) in [4.78, 5) is 22.5. The molecule has 21 heavy (non-hydrogen) atoms. The molecule has 2 aromatic carbocycles. The maximum absolute atomic E-state index is 11.3. The standard InChI is InChI=1S/C18H14O3/c1-13(19)16-9-5-14(6-10-16)3-4-15-7-11-17(12-8-15)18(20)21-2/h5-12H,1-2H3. The van der Waals surface area contributed by atoms with E-state index in [4.69, 9.17) is 0 Å². The van der Waals surface area contributed by atoms with Gasteiger partial charge in [0.2, 0.25) is 0 Å². The largest absolute Gasteiger partial charge is 0.465 e. The van der Waals surface area contributed by atoms with Gasteiger partial charge in [-0.1, -0.05) is 24.0 Å². The average molecular weight is 278 g/mol. The van der Waals surface area contributed by atoms with Crippen LogP contribution in [0.15, 0.2) is 48.5 Å². The third-order valence-corrected chi connectivity index (χ3v) is 2.95. The fourth-order valence-electron chi connectivity index (χ4n) is 1.74. The van der Waals surface area contributed by atoms with E-state index >= 15 is 0 Å². The molecule has 0 N–H and O–H groups in total. The van der Waals surface area contributed by atoms with Crippen molar-refractivity contribution in [2.45, 2.75) is 6.92 Å². The van der Waals surface area contributed by atoms with Gasteiger partial charge in [0.1, 0.15) is 0 Å². The minimum Gasteiger partial charge on any atom is -0.465 e. The zero-order chi connectivity index (χ0) is 15.2. The number of hydrogen-bond donors (Lipinski definition) is 0. The van der Waals surface area contributed by atoms with Crippen LogP contribution in [0.25, 0.3) is 0 Å². The van der Waals surface area contributed by atoms with Gasteiger partial charge in [-0.15, -0.1) is 0 Å². The molecule has 2 rings (SSSR count). The van der Waals surface area contributed by atoms with Crippen LogP contribution in [0.4, 0.5) is 0 Å². The molecule has 0 unspecified atom stereocenters. The number of carbonyl (C=O) groups is 2. The summed E-state index contributed by atoms with van der Waals surface area (Å²) in [6, 6.07) is 14.0. The first-order chi connectivity index (χ1) is 10.1. The van der Waals surface area contributed by atoms with E-state index in [1.807, 2.05) is 12.1 Å². The van der Waals surface area contributed by atoms with Crippen molar-refractivity contribution in [2.75, 3.05) is 7.11 Å². The molecule has 0 fully saturated rings. The highest BCUT2D eigenvalue weighted by molar-refractivity contribution is 5.94. The molecule has 0 atom stereocenters. The summed E-state index contributed by atoms with van der Waals surface area (Å²) in [7, 11) is 1.35. The second kappa shape index (κ2) is 6.53. The van der Waals surface area contributed by atoms with E-state index in [9.17, 15) is 9.59 Å². The Hall–Kier alpha value is -2.86. The second-order valence-electron chi connectivity index (χ2n) is 4.45. The lowest BCUT2D eigenvalue weighted by atomic mass is 10.1. The van der Waals surface area contributed by atoms with E-state index in [-0.39, 0.29) is 11.8 Å². The molecule has 0 heterocycles. The normalized spacial score (nSPS) is 9.43. The predicted molar refractivity (Wildman–Crippen MR) is 80.2 cm³/mol. The lowest BCUT2D eigenvalue weighted by Gasteiger charge is -1.98. The molecule has 0 radical (unpaired) electrons. The van der Waals surface area contributed by atoms with Crippen LogP contribution in [-0.4, -0.2) is 18.9 Å². The molecule has 3 nitrogen and oxygen atoms in total. The maximum atomic E-state index is 11.3. The first-order valence-corrected chi connectivity index (χ1v) is 6.41. The first-order valence-electron chi connectivity index (χ1n) is 6.41. The summed E-state index contributed by atoms with van der Waals surface area (Å²) in [6.45, 7) is 1.53. The Labute approximate surface area is 123 Å². The van der Waals surface area contributed by atoms with Crippen molar-refractivity contribution >= 4 is 11.8 Å². The van der Waals surface area contributed by atoms with Crippen LogP contribution in [0.5, 0.6) is 0 Å². The molecule has 0 aliphatic heterocycles. The molecule has 0 bridgehead atoms. The lowest BCUT2D eigenvalue weighted by molar-refractivity contribution is 0.0600. The summed E-state index contributed by atoms with van der Waals surface area (Å²) in [5, 5.41) is 0. The number of Topliss-reactive ketones (excluding diaryl/α,β-unsaturated/α-hetero) is 1. The van der Waals surface area contributed by atoms with Crippen LogP contribution >= 0.6 is 0 Å². The van der Waals surface area contributed by atoms with Gasteiger partial charge >= 0.3 is 5.97 Å². The molecule has 0 spiro atoms. The highest BCUT2D eigenvalue weighted by Gasteiger charge is 2.03. The van der Waals surface area contributed by atoms with Gasteiger partial charge in [-0.2, -0.15) is 0 Å². The van der Waals surface area contributed by atoms with Crippen molar-refractivity contribution in [1.29, 1.82) is 0 Å². The Balaban J connectivity index is 2.15. The van der Waals surface area contributed by atoms with Crippen molar-refractivity contribution in [3.05, 3.63) is 70.8 Å². The van der Waals surface area contributed by atoms with Crippen LogP contribution in [0.2, 0.25) is 0 Å². The van der Waals surface area contributed by atoms with E-state index in [1.165, 1.54) is 14.0 Å². The summed E-state index contributed by atoms with van der Waals surface area (Å²) in [5.74, 6) is 5.69. The zero-order valence-electron chi connectivity index (χ0n) is 11.8. The summed E-state index contributed by atoms with van der Waals surface area (Å²) < 4.78 is 4.63. The SMILES string of the molecule is COC(=O)c1ccc(C#Cc2ccc(C(C)=O)cc2)cc1. The lowest BCUT2D eigenvalue weighted by Crippen LogP contribution is -2.00. The molecule has 0 aliphatic carbocycles. The molecular formula is C18H14O3. The van der Waals surface area contributed by atoms with Gasteiger partial charge in [-0.05, 0) is 43.3 Å². The molecule has 0 amide bonds. The van der Waals surface area contributed by atoms with E-state index in [0.717, 1.165) is 11.1 Å². The molecule has 0 saturated carbocycles. The van der Waals surface area contributed by atoms with Crippen molar-refractivity contribution in [1.82, 2.24) is 0 Å². The van der Waals surface area contributed by atoms with Crippen molar-refractivity contribution in [2.24, 2.45) is 0 Å². The Morgan fingerprint density at radius 1 is 0.810 bits per heavy atom.